The number of carbonyl (C=O) groups is 1. The molecule has 3 aromatic carbocycles. The molecule has 2 atom stereocenters. The molecule has 0 saturated carbocycles. The monoisotopic (exact) mass is 517 g/mol. The topological polar surface area (TPSA) is 92.2 Å². The molecule has 7 nitrogen and oxygen atoms in total. The van der Waals surface area contributed by atoms with Gasteiger partial charge >= 0.3 is 0 Å². The van der Waals surface area contributed by atoms with Crippen molar-refractivity contribution in [1.29, 1.82) is 0 Å². The second-order valence-electron chi connectivity index (χ2n) is 9.01. The first-order chi connectivity index (χ1) is 18.5. The molecule has 8 heteroatoms. The van der Waals surface area contributed by atoms with E-state index in [1.54, 1.807) is 24.3 Å². The number of aliphatic hydroxyl groups is 1. The highest BCUT2D eigenvalue weighted by atomic mass is 19.1. The number of aliphatic imine (C=N–C) groups is 1. The number of nitrogens with one attached hydrogen (secondary N) is 2. The number of aliphatic hydroxyl groups excluding tert-OH is 1. The van der Waals surface area contributed by atoms with Crippen molar-refractivity contribution in [2.45, 2.75) is 38.0 Å². The summed E-state index contributed by atoms with van der Waals surface area (Å²) in [6.07, 6.45) is 4.19. The number of ether oxygens (including phenoxy) is 2. The minimum Gasteiger partial charge on any atom is -0.494 e. The third-order valence-electron chi connectivity index (χ3n) is 6.25. The Labute approximate surface area is 222 Å². The zero-order valence-corrected chi connectivity index (χ0v) is 21.3. The molecule has 0 aromatic heterocycles. The molecule has 0 bridgehead atoms. The SMILES string of the molecule is C[C@@H]1OC(c2ccc(OCCCO)cc2)=N[C@]1(C/C=C/c1ccccc1)C(=O)NNCc1cccc(F)c1. The van der Waals surface area contributed by atoms with Crippen LogP contribution < -0.4 is 15.6 Å². The molecule has 0 radical (unpaired) electrons. The Kier molecular flexibility index (Phi) is 9.24. The fraction of sp³-hybridized carbons (Fsp3) is 0.267. The standard InChI is InChI=1S/C30H32FN3O4/c1-22-30(17-6-11-23-8-3-2-4-9-23,29(36)34-32-21-24-10-5-12-26(31)20-24)33-28(38-22)25-13-15-27(16-14-25)37-19-7-18-35/h2-6,8-16,20,22,32,35H,7,17-19,21H2,1H3,(H,34,36)/b11-6+/t22-,30-/m0/s1. The Hall–Kier alpha value is -4.01. The average molecular weight is 518 g/mol. The second-order valence-corrected chi connectivity index (χ2v) is 9.01. The van der Waals surface area contributed by atoms with Gasteiger partial charge in [0.05, 0.1) is 6.61 Å². The van der Waals surface area contributed by atoms with Crippen molar-refractivity contribution in [3.05, 3.63) is 107 Å². The van der Waals surface area contributed by atoms with E-state index >= 15 is 0 Å². The Morgan fingerprint density at radius 1 is 1.13 bits per heavy atom. The summed E-state index contributed by atoms with van der Waals surface area (Å²) in [5.41, 5.74) is 6.86. The molecule has 0 saturated heterocycles. The summed E-state index contributed by atoms with van der Waals surface area (Å²) >= 11 is 0. The van der Waals surface area contributed by atoms with Crippen LogP contribution in [0, 0.1) is 5.82 Å². The van der Waals surface area contributed by atoms with Crippen molar-refractivity contribution < 1.29 is 23.8 Å². The molecule has 3 N–H and O–H groups in total. The summed E-state index contributed by atoms with van der Waals surface area (Å²) in [6, 6.07) is 23.3. The van der Waals surface area contributed by atoms with E-state index in [2.05, 4.69) is 10.9 Å². The highest BCUT2D eigenvalue weighted by Gasteiger charge is 2.49. The van der Waals surface area contributed by atoms with Crippen molar-refractivity contribution in [3.63, 3.8) is 0 Å². The van der Waals surface area contributed by atoms with Crippen LogP contribution in [0.3, 0.4) is 0 Å². The number of nitrogens with zero attached hydrogens (tertiary/aromatic N) is 1. The van der Waals surface area contributed by atoms with Gasteiger partial charge in [-0.25, -0.2) is 14.8 Å². The minimum absolute atomic E-state index is 0.0700. The third kappa shape index (κ3) is 6.85. The molecule has 1 aliphatic heterocycles. The van der Waals surface area contributed by atoms with Gasteiger partial charge in [0, 0.05) is 31.6 Å². The average Bonchev–Trinajstić information content (AvgIpc) is 3.27. The normalized spacial score (nSPS) is 18.7. The molecule has 198 valence electrons. The predicted molar refractivity (Wildman–Crippen MR) is 145 cm³/mol. The van der Waals surface area contributed by atoms with Crippen molar-refractivity contribution in [2.24, 2.45) is 4.99 Å². The maximum absolute atomic E-state index is 13.5. The molecule has 0 unspecified atom stereocenters. The molecule has 1 aliphatic rings. The largest absolute Gasteiger partial charge is 0.494 e. The summed E-state index contributed by atoms with van der Waals surface area (Å²) in [4.78, 5) is 18.3. The van der Waals surface area contributed by atoms with E-state index in [1.807, 2.05) is 61.5 Å². The van der Waals surface area contributed by atoms with Crippen LogP contribution >= 0.6 is 0 Å². The van der Waals surface area contributed by atoms with Gasteiger partial charge in [-0.3, -0.25) is 10.2 Å². The fourth-order valence-corrected chi connectivity index (χ4v) is 4.10. The van der Waals surface area contributed by atoms with Crippen LogP contribution in [0.25, 0.3) is 6.08 Å². The Morgan fingerprint density at radius 2 is 1.92 bits per heavy atom. The van der Waals surface area contributed by atoms with E-state index in [-0.39, 0.29) is 24.9 Å². The molecule has 38 heavy (non-hydrogen) atoms. The number of hydrazine groups is 1. The van der Waals surface area contributed by atoms with Gasteiger partial charge in [0.1, 0.15) is 17.7 Å². The summed E-state index contributed by atoms with van der Waals surface area (Å²) in [5.74, 6) is 0.353. The van der Waals surface area contributed by atoms with Crippen LogP contribution in [0.2, 0.25) is 0 Å². The van der Waals surface area contributed by atoms with Gasteiger partial charge in [-0.15, -0.1) is 0 Å². The van der Waals surface area contributed by atoms with Gasteiger partial charge in [0.25, 0.3) is 5.91 Å². The molecule has 4 rings (SSSR count). The maximum atomic E-state index is 13.5. The number of halogens is 1. The van der Waals surface area contributed by atoms with Gasteiger partial charge in [0.15, 0.2) is 5.54 Å². The molecular formula is C30H32FN3O4. The lowest BCUT2D eigenvalue weighted by molar-refractivity contribution is -0.129. The number of hydrogen-bond acceptors (Lipinski definition) is 6. The summed E-state index contributed by atoms with van der Waals surface area (Å²) in [7, 11) is 0. The highest BCUT2D eigenvalue weighted by molar-refractivity contribution is 6.00. The fourth-order valence-electron chi connectivity index (χ4n) is 4.10. The zero-order valence-electron chi connectivity index (χ0n) is 21.3. The van der Waals surface area contributed by atoms with E-state index in [9.17, 15) is 9.18 Å². The molecule has 1 heterocycles. The first-order valence-corrected chi connectivity index (χ1v) is 12.6. The maximum Gasteiger partial charge on any atom is 0.266 e. The third-order valence-corrected chi connectivity index (χ3v) is 6.25. The van der Waals surface area contributed by atoms with Crippen LogP contribution in [-0.2, 0) is 16.1 Å². The van der Waals surface area contributed by atoms with E-state index in [0.717, 1.165) is 11.1 Å². The van der Waals surface area contributed by atoms with Crippen LogP contribution in [-0.4, -0.2) is 41.8 Å². The quantitative estimate of drug-likeness (QED) is 0.244. The number of hydrogen-bond donors (Lipinski definition) is 3. The van der Waals surface area contributed by atoms with Crippen molar-refractivity contribution in [2.75, 3.05) is 13.2 Å². The summed E-state index contributed by atoms with van der Waals surface area (Å²) in [6.45, 7) is 2.57. The van der Waals surface area contributed by atoms with Crippen molar-refractivity contribution in [1.82, 2.24) is 10.9 Å². The van der Waals surface area contributed by atoms with Gasteiger partial charge < -0.3 is 14.6 Å². The first kappa shape index (κ1) is 27.0. The van der Waals surface area contributed by atoms with Gasteiger partial charge in [-0.05, 0) is 54.4 Å². The smallest absolute Gasteiger partial charge is 0.266 e. The van der Waals surface area contributed by atoms with Crippen LogP contribution in [0.4, 0.5) is 4.39 Å². The van der Waals surface area contributed by atoms with Gasteiger partial charge in [0.2, 0.25) is 5.90 Å². The number of carbonyl (C=O) groups excluding carboxylic acids is 1. The summed E-state index contributed by atoms with van der Waals surface area (Å²) in [5, 5.41) is 8.93. The summed E-state index contributed by atoms with van der Waals surface area (Å²) < 4.78 is 25.2. The van der Waals surface area contributed by atoms with E-state index < -0.39 is 11.6 Å². The van der Waals surface area contributed by atoms with Crippen molar-refractivity contribution in [3.8, 4) is 5.75 Å². The van der Waals surface area contributed by atoms with E-state index in [0.29, 0.717) is 36.7 Å². The zero-order chi connectivity index (χ0) is 26.8. The lowest BCUT2D eigenvalue weighted by Crippen LogP contribution is -2.54. The number of amides is 1. The lowest BCUT2D eigenvalue weighted by Gasteiger charge is -2.27. The van der Waals surface area contributed by atoms with Gasteiger partial charge in [-0.2, -0.15) is 0 Å². The minimum atomic E-state index is -1.22. The van der Waals surface area contributed by atoms with Crippen molar-refractivity contribution >= 4 is 17.9 Å². The molecule has 3 aromatic rings. The van der Waals surface area contributed by atoms with E-state index in [4.69, 9.17) is 19.6 Å². The highest BCUT2D eigenvalue weighted by Crippen LogP contribution is 2.33. The Bertz CT molecular complexity index is 1260. The molecular weight excluding hydrogens is 485 g/mol. The number of benzene rings is 3. The first-order valence-electron chi connectivity index (χ1n) is 12.6. The van der Waals surface area contributed by atoms with E-state index in [1.165, 1.54) is 12.1 Å². The second kappa shape index (κ2) is 13.0. The Morgan fingerprint density at radius 3 is 2.66 bits per heavy atom. The molecule has 0 fully saturated rings. The van der Waals surface area contributed by atoms with Gasteiger partial charge in [-0.1, -0.05) is 54.6 Å². The lowest BCUT2D eigenvalue weighted by atomic mass is 9.89. The number of rotatable bonds is 12. The molecule has 0 spiro atoms. The van der Waals surface area contributed by atoms with Crippen LogP contribution in [0.15, 0.2) is 89.9 Å². The van der Waals surface area contributed by atoms with Crippen LogP contribution in [0.5, 0.6) is 5.75 Å². The predicted octanol–water partition coefficient (Wildman–Crippen LogP) is 4.42. The molecule has 0 aliphatic carbocycles. The molecule has 1 amide bonds. The Balaban J connectivity index is 1.53. The van der Waals surface area contributed by atoms with Crippen LogP contribution in [0.1, 0.15) is 36.5 Å².